The molecule has 0 unspecified atom stereocenters. The van der Waals surface area contributed by atoms with Gasteiger partial charge in [0.05, 0.1) is 11.6 Å². The fourth-order valence-corrected chi connectivity index (χ4v) is 4.62. The molecule has 2 N–H and O–H groups in total. The lowest BCUT2D eigenvalue weighted by Gasteiger charge is -2.26. The molecule has 160 valence electrons. The maximum absolute atomic E-state index is 12.8. The summed E-state index contributed by atoms with van der Waals surface area (Å²) in [5, 5.41) is 2.76. The second-order valence-electron chi connectivity index (χ2n) is 6.82. The minimum atomic E-state index is -3.98. The van der Waals surface area contributed by atoms with Crippen molar-refractivity contribution < 1.29 is 22.7 Å². The number of carbonyl (C=O) groups excluding carboxylic acids is 1. The third kappa shape index (κ3) is 4.92. The van der Waals surface area contributed by atoms with Crippen LogP contribution >= 0.6 is 11.6 Å². The average molecular weight is 459 g/mol. The van der Waals surface area contributed by atoms with Gasteiger partial charge in [-0.1, -0.05) is 41.9 Å². The number of fused-ring (bicyclic) bond motifs is 1. The van der Waals surface area contributed by atoms with Crippen LogP contribution in [0.25, 0.3) is 0 Å². The van der Waals surface area contributed by atoms with E-state index in [2.05, 4.69) is 10.0 Å². The van der Waals surface area contributed by atoms with Crippen molar-refractivity contribution in [1.82, 2.24) is 5.32 Å². The second-order valence-corrected chi connectivity index (χ2v) is 8.88. The molecule has 0 spiro atoms. The molecule has 1 aliphatic heterocycles. The molecule has 0 radical (unpaired) electrons. The smallest absolute Gasteiger partial charge is 0.263 e. The molecule has 0 saturated heterocycles. The molecule has 0 fully saturated rings. The van der Waals surface area contributed by atoms with E-state index in [-0.39, 0.29) is 28.1 Å². The summed E-state index contributed by atoms with van der Waals surface area (Å²) in [6.07, 6.45) is -0.367. The van der Waals surface area contributed by atoms with E-state index in [0.29, 0.717) is 23.8 Å². The molecular weight excluding hydrogens is 440 g/mol. The van der Waals surface area contributed by atoms with Gasteiger partial charge in [-0.2, -0.15) is 0 Å². The molecule has 1 atom stereocenters. The molecule has 1 aliphatic rings. The Morgan fingerprint density at radius 3 is 2.48 bits per heavy atom. The standard InChI is InChI=1S/C22H19ClN2O5S/c23-18-11-10-15(12-21(18)31(27,28)25-16-6-2-1-3-7-16)22(26)24-13-17-14-29-19-8-4-5-9-20(19)30-17/h1-12,17,25H,13-14H2,(H,24,26)/t17-/m0/s1. The number of nitrogens with one attached hydrogen (secondary N) is 2. The summed E-state index contributed by atoms with van der Waals surface area (Å²) in [5.74, 6) is 0.818. The predicted octanol–water partition coefficient (Wildman–Crippen LogP) is 3.71. The zero-order valence-corrected chi connectivity index (χ0v) is 17.8. The van der Waals surface area contributed by atoms with Crippen molar-refractivity contribution in [3.8, 4) is 11.5 Å². The number of hydrogen-bond acceptors (Lipinski definition) is 5. The SMILES string of the molecule is O=C(NC[C@H]1COc2ccccc2O1)c1ccc(Cl)c(S(=O)(=O)Nc2ccccc2)c1. The van der Waals surface area contributed by atoms with Crippen LogP contribution in [0.2, 0.25) is 5.02 Å². The highest BCUT2D eigenvalue weighted by Crippen LogP contribution is 2.30. The topological polar surface area (TPSA) is 93.7 Å². The predicted molar refractivity (Wildman–Crippen MR) is 117 cm³/mol. The summed E-state index contributed by atoms with van der Waals surface area (Å²) < 4.78 is 39.4. The van der Waals surface area contributed by atoms with Gasteiger partial charge in [-0.3, -0.25) is 9.52 Å². The maximum Gasteiger partial charge on any atom is 0.263 e. The highest BCUT2D eigenvalue weighted by atomic mass is 35.5. The normalized spacial score (nSPS) is 15.2. The molecule has 0 saturated carbocycles. The lowest BCUT2D eigenvalue weighted by Crippen LogP contribution is -2.40. The highest BCUT2D eigenvalue weighted by molar-refractivity contribution is 7.92. The third-order valence-electron chi connectivity index (χ3n) is 4.57. The number of sulfonamides is 1. The van der Waals surface area contributed by atoms with Gasteiger partial charge in [0.15, 0.2) is 11.5 Å². The molecule has 31 heavy (non-hydrogen) atoms. The van der Waals surface area contributed by atoms with Crippen LogP contribution in [0.3, 0.4) is 0 Å². The molecule has 0 bridgehead atoms. The van der Waals surface area contributed by atoms with Gasteiger partial charge in [-0.05, 0) is 42.5 Å². The van der Waals surface area contributed by atoms with Gasteiger partial charge in [0, 0.05) is 11.3 Å². The Morgan fingerprint density at radius 1 is 1.00 bits per heavy atom. The lowest BCUT2D eigenvalue weighted by molar-refractivity contribution is 0.0789. The Hall–Kier alpha value is -3.23. The third-order valence-corrected chi connectivity index (χ3v) is 6.43. The van der Waals surface area contributed by atoms with Crippen molar-refractivity contribution >= 4 is 33.2 Å². The van der Waals surface area contributed by atoms with E-state index in [1.807, 2.05) is 18.2 Å². The first-order valence-electron chi connectivity index (χ1n) is 9.46. The number of ether oxygens (including phenoxy) is 2. The minimum absolute atomic E-state index is 0.0144. The van der Waals surface area contributed by atoms with E-state index >= 15 is 0 Å². The van der Waals surface area contributed by atoms with Crippen molar-refractivity contribution in [2.75, 3.05) is 17.9 Å². The van der Waals surface area contributed by atoms with Crippen LogP contribution in [0.4, 0.5) is 5.69 Å². The fourth-order valence-electron chi connectivity index (χ4n) is 3.04. The first kappa shape index (κ1) is 21.0. The number of hydrogen-bond donors (Lipinski definition) is 2. The second kappa shape index (κ2) is 8.87. The molecule has 4 rings (SSSR count). The van der Waals surface area contributed by atoms with E-state index in [1.54, 1.807) is 36.4 Å². The van der Waals surface area contributed by atoms with Crippen LogP contribution in [0.1, 0.15) is 10.4 Å². The van der Waals surface area contributed by atoms with Gasteiger partial charge in [-0.15, -0.1) is 0 Å². The zero-order valence-electron chi connectivity index (χ0n) is 16.2. The summed E-state index contributed by atoms with van der Waals surface area (Å²) in [4.78, 5) is 12.4. The number of benzene rings is 3. The van der Waals surface area contributed by atoms with Gasteiger partial charge in [-0.25, -0.2) is 8.42 Å². The Morgan fingerprint density at radius 2 is 1.71 bits per heavy atom. The average Bonchev–Trinajstić information content (AvgIpc) is 2.78. The number of anilines is 1. The first-order chi connectivity index (χ1) is 14.9. The van der Waals surface area contributed by atoms with Crippen molar-refractivity contribution in [1.29, 1.82) is 0 Å². The lowest BCUT2D eigenvalue weighted by atomic mass is 10.2. The van der Waals surface area contributed by atoms with Gasteiger partial charge >= 0.3 is 0 Å². The van der Waals surface area contributed by atoms with Crippen LogP contribution in [-0.4, -0.2) is 33.6 Å². The Kier molecular flexibility index (Phi) is 6.01. The maximum atomic E-state index is 12.8. The summed E-state index contributed by atoms with van der Waals surface area (Å²) in [5.41, 5.74) is 0.554. The van der Waals surface area contributed by atoms with E-state index in [0.717, 1.165) is 0 Å². The number of amides is 1. The van der Waals surface area contributed by atoms with E-state index in [9.17, 15) is 13.2 Å². The molecule has 1 amide bonds. The first-order valence-corrected chi connectivity index (χ1v) is 11.3. The van der Waals surface area contributed by atoms with Gasteiger partial charge in [0.2, 0.25) is 0 Å². The Labute approximate surface area is 185 Å². The number of rotatable bonds is 6. The van der Waals surface area contributed by atoms with Crippen molar-refractivity contribution in [2.45, 2.75) is 11.0 Å². The largest absolute Gasteiger partial charge is 0.486 e. The fraction of sp³-hybridized carbons (Fsp3) is 0.136. The Bertz CT molecular complexity index is 1200. The molecule has 3 aromatic carbocycles. The van der Waals surface area contributed by atoms with E-state index in [4.69, 9.17) is 21.1 Å². The molecular formula is C22H19ClN2O5S. The summed E-state index contributed by atoms with van der Waals surface area (Å²) in [7, 11) is -3.98. The van der Waals surface area contributed by atoms with E-state index < -0.39 is 15.9 Å². The number of halogens is 1. The van der Waals surface area contributed by atoms with Gasteiger partial charge < -0.3 is 14.8 Å². The van der Waals surface area contributed by atoms with Crippen LogP contribution in [-0.2, 0) is 10.0 Å². The summed E-state index contributed by atoms with van der Waals surface area (Å²) >= 11 is 6.11. The van der Waals surface area contributed by atoms with Crippen molar-refractivity contribution in [3.63, 3.8) is 0 Å². The highest BCUT2D eigenvalue weighted by Gasteiger charge is 2.23. The summed E-state index contributed by atoms with van der Waals surface area (Å²) in [6, 6.07) is 19.8. The van der Waals surface area contributed by atoms with Crippen molar-refractivity contribution in [2.24, 2.45) is 0 Å². The van der Waals surface area contributed by atoms with Gasteiger partial charge in [0.1, 0.15) is 17.6 Å². The molecule has 1 heterocycles. The number of carbonyl (C=O) groups is 1. The number of para-hydroxylation sites is 3. The van der Waals surface area contributed by atoms with Crippen LogP contribution in [0.15, 0.2) is 77.7 Å². The van der Waals surface area contributed by atoms with Gasteiger partial charge in [0.25, 0.3) is 15.9 Å². The molecule has 7 nitrogen and oxygen atoms in total. The van der Waals surface area contributed by atoms with Crippen LogP contribution < -0.4 is 19.5 Å². The quantitative estimate of drug-likeness (QED) is 0.587. The van der Waals surface area contributed by atoms with E-state index in [1.165, 1.54) is 18.2 Å². The molecule has 3 aromatic rings. The van der Waals surface area contributed by atoms with Crippen molar-refractivity contribution in [3.05, 3.63) is 83.4 Å². The molecule has 9 heteroatoms. The molecule has 0 aromatic heterocycles. The minimum Gasteiger partial charge on any atom is -0.486 e. The monoisotopic (exact) mass is 458 g/mol. The van der Waals surface area contributed by atoms with Crippen LogP contribution in [0.5, 0.6) is 11.5 Å². The summed E-state index contributed by atoms with van der Waals surface area (Å²) in [6.45, 7) is 0.485. The molecule has 0 aliphatic carbocycles. The Balaban J connectivity index is 1.45. The van der Waals surface area contributed by atoms with Crippen LogP contribution in [0, 0.1) is 0 Å². The zero-order chi connectivity index (χ0) is 21.8.